The first-order valence-corrected chi connectivity index (χ1v) is 14.7. The summed E-state index contributed by atoms with van der Waals surface area (Å²) in [5.74, 6) is -0.0740. The number of nitrogens with one attached hydrogen (secondary N) is 1. The van der Waals surface area contributed by atoms with Gasteiger partial charge in [0.2, 0.25) is 5.91 Å². The number of piperidine rings is 1. The van der Waals surface area contributed by atoms with Gasteiger partial charge in [0.25, 0.3) is 11.8 Å². The fourth-order valence-electron chi connectivity index (χ4n) is 5.34. The predicted octanol–water partition coefficient (Wildman–Crippen LogP) is 5.59. The Labute approximate surface area is 240 Å². The lowest BCUT2D eigenvalue weighted by Gasteiger charge is -2.31. The molecule has 5 rings (SSSR count). The minimum atomic E-state index is -4.42. The van der Waals surface area contributed by atoms with Gasteiger partial charge in [0.15, 0.2) is 0 Å². The van der Waals surface area contributed by atoms with Crippen LogP contribution in [0.5, 0.6) is 0 Å². The smallest absolute Gasteiger partial charge is 0.351 e. The number of alkyl halides is 3. The monoisotopic (exact) mass is 584 g/mol. The maximum absolute atomic E-state index is 13.4. The molecule has 0 unspecified atom stereocenters. The van der Waals surface area contributed by atoms with Crippen LogP contribution in [-0.2, 0) is 11.0 Å². The second kappa shape index (κ2) is 12.4. The largest absolute Gasteiger partial charge is 0.416 e. The molecule has 2 aliphatic rings. The number of hydrogen-bond acceptors (Lipinski definition) is 5. The van der Waals surface area contributed by atoms with Gasteiger partial charge >= 0.3 is 6.18 Å². The molecule has 0 bridgehead atoms. The Bertz CT molecular complexity index is 1400. The van der Waals surface area contributed by atoms with Crippen molar-refractivity contribution in [2.75, 3.05) is 32.7 Å². The van der Waals surface area contributed by atoms with E-state index in [9.17, 15) is 27.6 Å². The Hall–Kier alpha value is -3.73. The molecule has 0 saturated carbocycles. The average Bonchev–Trinajstić information content (AvgIpc) is 3.64. The number of hydrogen-bond donors (Lipinski definition) is 1. The Kier molecular flexibility index (Phi) is 8.72. The fraction of sp³-hybridized carbons (Fsp3) is 0.400. The van der Waals surface area contributed by atoms with Crippen LogP contribution in [0, 0.1) is 0 Å². The Morgan fingerprint density at radius 1 is 1.02 bits per heavy atom. The lowest BCUT2D eigenvalue weighted by Crippen LogP contribution is -2.38. The summed E-state index contributed by atoms with van der Waals surface area (Å²) in [6.07, 6.45) is -0.814. The summed E-state index contributed by atoms with van der Waals surface area (Å²) in [7, 11) is 0. The second-order valence-corrected chi connectivity index (χ2v) is 11.2. The molecule has 3 heterocycles. The Morgan fingerprint density at radius 3 is 2.44 bits per heavy atom. The summed E-state index contributed by atoms with van der Waals surface area (Å²) in [4.78, 5) is 45.9. The van der Waals surface area contributed by atoms with Crippen LogP contribution in [0.3, 0.4) is 0 Å². The first-order valence-electron chi connectivity index (χ1n) is 13.8. The molecule has 3 aromatic rings. The third-order valence-corrected chi connectivity index (χ3v) is 8.64. The zero-order valence-corrected chi connectivity index (χ0v) is 23.3. The topological polar surface area (TPSA) is 82.6 Å². The molecule has 2 fully saturated rings. The summed E-state index contributed by atoms with van der Waals surface area (Å²) in [6.45, 7) is 2.94. The highest BCUT2D eigenvalue weighted by Crippen LogP contribution is 2.34. The van der Waals surface area contributed by atoms with Crippen molar-refractivity contribution in [3.8, 4) is 11.1 Å². The molecular formula is C30H31F3N4O3S. The fourth-order valence-corrected chi connectivity index (χ4v) is 6.31. The number of amides is 3. The molecule has 41 heavy (non-hydrogen) atoms. The molecule has 0 atom stereocenters. The molecule has 2 aromatic carbocycles. The standard InChI is InChI=1S/C30H31F3N4O3S/c31-30(32,33)22-10-8-20(9-11-22)23-5-1-2-6-24(23)29(40)37-17-12-21(13-18-37)28-35-25(19-41-28)27(39)34-14-4-16-36-15-3-7-26(36)38/h1-2,5-6,8-11,19,21H,3-4,7,12-18H2,(H,34,39). The van der Waals surface area contributed by atoms with E-state index in [1.807, 2.05) is 4.90 Å². The number of rotatable bonds is 8. The third-order valence-electron chi connectivity index (χ3n) is 7.63. The number of likely N-dealkylation sites (tertiary alicyclic amines) is 2. The van der Waals surface area contributed by atoms with Crippen molar-refractivity contribution in [2.45, 2.75) is 44.2 Å². The summed E-state index contributed by atoms with van der Waals surface area (Å²) >= 11 is 1.44. The normalized spacial score (nSPS) is 16.3. The molecule has 1 aromatic heterocycles. The van der Waals surface area contributed by atoms with Crippen LogP contribution in [0.15, 0.2) is 53.9 Å². The molecular weight excluding hydrogens is 553 g/mol. The molecule has 7 nitrogen and oxygen atoms in total. The van der Waals surface area contributed by atoms with Gasteiger partial charge in [-0.05, 0) is 55.0 Å². The van der Waals surface area contributed by atoms with Crippen molar-refractivity contribution in [2.24, 2.45) is 0 Å². The molecule has 2 saturated heterocycles. The van der Waals surface area contributed by atoms with Gasteiger partial charge in [-0.2, -0.15) is 13.2 Å². The Balaban J connectivity index is 1.14. The van der Waals surface area contributed by atoms with Crippen molar-refractivity contribution in [3.63, 3.8) is 0 Å². The predicted molar refractivity (Wildman–Crippen MR) is 150 cm³/mol. The van der Waals surface area contributed by atoms with Gasteiger partial charge in [0, 0.05) is 56.0 Å². The van der Waals surface area contributed by atoms with Gasteiger partial charge in [-0.15, -0.1) is 11.3 Å². The third kappa shape index (κ3) is 6.78. The van der Waals surface area contributed by atoms with Crippen LogP contribution in [0.4, 0.5) is 13.2 Å². The molecule has 2 aliphatic heterocycles. The first-order chi connectivity index (χ1) is 19.7. The molecule has 0 aliphatic carbocycles. The van der Waals surface area contributed by atoms with Crippen LogP contribution in [0.25, 0.3) is 11.1 Å². The van der Waals surface area contributed by atoms with Crippen molar-refractivity contribution in [3.05, 3.63) is 75.7 Å². The number of carbonyl (C=O) groups is 3. The number of thiazole rings is 1. The summed E-state index contributed by atoms with van der Waals surface area (Å²) in [5.41, 5.74) is 1.25. The van der Waals surface area contributed by atoms with E-state index >= 15 is 0 Å². The summed E-state index contributed by atoms with van der Waals surface area (Å²) < 4.78 is 39.0. The van der Waals surface area contributed by atoms with Gasteiger partial charge in [-0.25, -0.2) is 4.98 Å². The first kappa shape index (κ1) is 28.8. The van der Waals surface area contributed by atoms with E-state index < -0.39 is 11.7 Å². The van der Waals surface area contributed by atoms with E-state index in [1.165, 1.54) is 23.5 Å². The lowest BCUT2D eigenvalue weighted by atomic mass is 9.94. The highest BCUT2D eigenvalue weighted by Gasteiger charge is 2.31. The zero-order chi connectivity index (χ0) is 29.0. The number of benzene rings is 2. The van der Waals surface area contributed by atoms with E-state index in [-0.39, 0.29) is 23.6 Å². The van der Waals surface area contributed by atoms with Crippen molar-refractivity contribution < 1.29 is 27.6 Å². The second-order valence-electron chi connectivity index (χ2n) is 10.4. The van der Waals surface area contributed by atoms with Crippen molar-refractivity contribution in [1.82, 2.24) is 20.1 Å². The highest BCUT2D eigenvalue weighted by molar-refractivity contribution is 7.09. The van der Waals surface area contributed by atoms with E-state index in [4.69, 9.17) is 0 Å². The quantitative estimate of drug-likeness (QED) is 0.350. The molecule has 0 spiro atoms. The maximum atomic E-state index is 13.4. The van der Waals surface area contributed by atoms with Crippen LogP contribution in [0.2, 0.25) is 0 Å². The van der Waals surface area contributed by atoms with E-state index in [1.54, 1.807) is 34.5 Å². The van der Waals surface area contributed by atoms with E-state index in [0.717, 1.165) is 30.1 Å². The SMILES string of the molecule is O=C(NCCCN1CCCC1=O)c1csc(C2CCN(C(=O)c3ccccc3-c3ccc(C(F)(F)F)cc3)CC2)n1. The van der Waals surface area contributed by atoms with Crippen LogP contribution < -0.4 is 5.32 Å². The summed E-state index contributed by atoms with van der Waals surface area (Å²) in [5, 5.41) is 5.51. The lowest BCUT2D eigenvalue weighted by molar-refractivity contribution is -0.137. The zero-order valence-electron chi connectivity index (χ0n) is 22.5. The van der Waals surface area contributed by atoms with Crippen molar-refractivity contribution in [1.29, 1.82) is 0 Å². The highest BCUT2D eigenvalue weighted by atomic mass is 32.1. The maximum Gasteiger partial charge on any atom is 0.416 e. The number of nitrogens with zero attached hydrogens (tertiary/aromatic N) is 3. The number of aromatic nitrogens is 1. The van der Waals surface area contributed by atoms with Gasteiger partial charge in [0.05, 0.1) is 10.6 Å². The summed E-state index contributed by atoms with van der Waals surface area (Å²) in [6, 6.07) is 11.8. The van der Waals surface area contributed by atoms with E-state index in [0.29, 0.717) is 74.2 Å². The van der Waals surface area contributed by atoms with Gasteiger partial charge in [0.1, 0.15) is 5.69 Å². The van der Waals surface area contributed by atoms with Gasteiger partial charge in [-0.1, -0.05) is 30.3 Å². The van der Waals surface area contributed by atoms with Crippen LogP contribution in [0.1, 0.15) is 69.4 Å². The van der Waals surface area contributed by atoms with E-state index in [2.05, 4.69) is 10.3 Å². The number of carbonyl (C=O) groups excluding carboxylic acids is 3. The Morgan fingerprint density at radius 2 is 1.76 bits per heavy atom. The van der Waals surface area contributed by atoms with Gasteiger partial charge in [-0.3, -0.25) is 14.4 Å². The molecule has 216 valence electrons. The number of halogens is 3. The van der Waals surface area contributed by atoms with Crippen molar-refractivity contribution >= 4 is 29.1 Å². The molecule has 11 heteroatoms. The molecule has 3 amide bonds. The molecule has 0 radical (unpaired) electrons. The minimum absolute atomic E-state index is 0.136. The van der Waals surface area contributed by atoms with Crippen LogP contribution in [-0.4, -0.2) is 65.2 Å². The van der Waals surface area contributed by atoms with Gasteiger partial charge < -0.3 is 15.1 Å². The van der Waals surface area contributed by atoms with Crippen LogP contribution >= 0.6 is 11.3 Å². The minimum Gasteiger partial charge on any atom is -0.351 e. The average molecular weight is 585 g/mol. The molecule has 1 N–H and O–H groups in total.